The zero-order valence-corrected chi connectivity index (χ0v) is 17.1. The molecular formula is C23H27FN4O. The average molecular weight is 394 g/mol. The fourth-order valence-corrected chi connectivity index (χ4v) is 3.76. The normalized spacial score (nSPS) is 14.5. The van der Waals surface area contributed by atoms with E-state index in [1.165, 1.54) is 12.1 Å². The highest BCUT2D eigenvalue weighted by molar-refractivity contribution is 5.95. The average Bonchev–Trinajstić information content (AvgIpc) is 2.69. The van der Waals surface area contributed by atoms with Gasteiger partial charge in [0.25, 0.3) is 0 Å². The first-order valence-corrected chi connectivity index (χ1v) is 9.95. The van der Waals surface area contributed by atoms with Crippen LogP contribution in [-0.2, 0) is 4.79 Å². The lowest BCUT2D eigenvalue weighted by atomic mass is 10.1. The second-order valence-corrected chi connectivity index (χ2v) is 7.54. The molecule has 0 aliphatic carbocycles. The van der Waals surface area contributed by atoms with Crippen molar-refractivity contribution in [2.45, 2.75) is 20.3 Å². The van der Waals surface area contributed by atoms with Crippen LogP contribution in [0, 0.1) is 31.0 Å². The van der Waals surface area contributed by atoms with Gasteiger partial charge in [0.2, 0.25) is 5.91 Å². The van der Waals surface area contributed by atoms with E-state index < -0.39 is 0 Å². The summed E-state index contributed by atoms with van der Waals surface area (Å²) in [6.07, 6.45) is 0.303. The smallest absolute Gasteiger partial charge is 0.241 e. The Kier molecular flexibility index (Phi) is 6.84. The van der Waals surface area contributed by atoms with Gasteiger partial charge < -0.3 is 9.80 Å². The van der Waals surface area contributed by atoms with Crippen LogP contribution in [0.2, 0.25) is 0 Å². The van der Waals surface area contributed by atoms with E-state index in [4.69, 9.17) is 5.26 Å². The van der Waals surface area contributed by atoms with Crippen LogP contribution in [0.5, 0.6) is 0 Å². The molecule has 1 fully saturated rings. The maximum absolute atomic E-state index is 13.1. The van der Waals surface area contributed by atoms with Crippen molar-refractivity contribution in [1.82, 2.24) is 4.90 Å². The van der Waals surface area contributed by atoms with Gasteiger partial charge >= 0.3 is 0 Å². The number of aryl methyl sites for hydroxylation is 2. The fourth-order valence-electron chi connectivity index (χ4n) is 3.76. The van der Waals surface area contributed by atoms with Gasteiger partial charge in [0.05, 0.1) is 19.0 Å². The third kappa shape index (κ3) is 5.55. The molecule has 0 N–H and O–H groups in total. The third-order valence-corrected chi connectivity index (χ3v) is 5.19. The van der Waals surface area contributed by atoms with Gasteiger partial charge in [0, 0.05) is 44.1 Å². The molecule has 0 atom stereocenters. The number of nitrogens with zero attached hydrogens (tertiary/aromatic N) is 4. The Morgan fingerprint density at radius 1 is 1.07 bits per heavy atom. The van der Waals surface area contributed by atoms with Crippen molar-refractivity contribution in [3.63, 3.8) is 0 Å². The second kappa shape index (κ2) is 9.53. The van der Waals surface area contributed by atoms with Crippen molar-refractivity contribution >= 4 is 17.3 Å². The highest BCUT2D eigenvalue weighted by Crippen LogP contribution is 2.21. The molecule has 0 bridgehead atoms. The first kappa shape index (κ1) is 20.8. The minimum atomic E-state index is -0.234. The third-order valence-electron chi connectivity index (χ3n) is 5.19. The Morgan fingerprint density at radius 2 is 1.69 bits per heavy atom. The van der Waals surface area contributed by atoms with E-state index >= 15 is 0 Å². The Bertz CT molecular complexity index is 862. The zero-order chi connectivity index (χ0) is 20.8. The predicted molar refractivity (Wildman–Crippen MR) is 114 cm³/mol. The highest BCUT2D eigenvalue weighted by atomic mass is 19.1. The van der Waals surface area contributed by atoms with Crippen LogP contribution in [0.4, 0.5) is 15.8 Å². The minimum absolute atomic E-state index is 0.0143. The van der Waals surface area contributed by atoms with Crippen molar-refractivity contribution in [2.75, 3.05) is 49.1 Å². The Labute approximate surface area is 171 Å². The van der Waals surface area contributed by atoms with Crippen LogP contribution in [-0.4, -0.2) is 50.1 Å². The summed E-state index contributed by atoms with van der Waals surface area (Å²) in [5, 5.41) is 9.00. The first-order valence-electron chi connectivity index (χ1n) is 9.95. The summed E-state index contributed by atoms with van der Waals surface area (Å²) in [4.78, 5) is 19.1. The molecule has 152 valence electrons. The quantitative estimate of drug-likeness (QED) is 0.752. The monoisotopic (exact) mass is 394 g/mol. The number of carbonyl (C=O) groups is 1. The van der Waals surface area contributed by atoms with Crippen LogP contribution in [0.1, 0.15) is 17.5 Å². The summed E-state index contributed by atoms with van der Waals surface area (Å²) in [7, 11) is 0. The Balaban J connectivity index is 1.62. The molecule has 0 spiro atoms. The summed E-state index contributed by atoms with van der Waals surface area (Å²) < 4.78 is 13.1. The molecule has 0 unspecified atom stereocenters. The number of rotatable bonds is 6. The molecule has 1 saturated heterocycles. The number of carbonyl (C=O) groups excluding carboxylic acids is 1. The van der Waals surface area contributed by atoms with Gasteiger partial charge in [-0.05, 0) is 61.4 Å². The molecule has 3 rings (SSSR count). The van der Waals surface area contributed by atoms with Crippen molar-refractivity contribution in [2.24, 2.45) is 0 Å². The van der Waals surface area contributed by atoms with E-state index in [-0.39, 0.29) is 11.7 Å². The lowest BCUT2D eigenvalue weighted by Crippen LogP contribution is -2.50. The molecule has 1 aliphatic rings. The number of piperazine rings is 1. The summed E-state index contributed by atoms with van der Waals surface area (Å²) >= 11 is 0. The largest absolute Gasteiger partial charge is 0.369 e. The van der Waals surface area contributed by atoms with E-state index in [0.717, 1.165) is 48.7 Å². The number of benzene rings is 2. The maximum atomic E-state index is 13.1. The summed E-state index contributed by atoms with van der Waals surface area (Å²) in [5.41, 5.74) is 4.06. The van der Waals surface area contributed by atoms with Crippen LogP contribution in [0.25, 0.3) is 0 Å². The van der Waals surface area contributed by atoms with E-state index in [2.05, 4.69) is 21.9 Å². The second-order valence-electron chi connectivity index (χ2n) is 7.54. The van der Waals surface area contributed by atoms with Gasteiger partial charge in [-0.1, -0.05) is 6.07 Å². The molecule has 1 heterocycles. The topological polar surface area (TPSA) is 50.6 Å². The van der Waals surface area contributed by atoms with E-state index in [1.807, 2.05) is 26.0 Å². The van der Waals surface area contributed by atoms with Gasteiger partial charge in [-0.25, -0.2) is 4.39 Å². The predicted octanol–water partition coefficient (Wildman–Crippen LogP) is 3.51. The summed E-state index contributed by atoms with van der Waals surface area (Å²) in [6, 6.07) is 14.7. The molecule has 1 aliphatic heterocycles. The van der Waals surface area contributed by atoms with Gasteiger partial charge in [0.15, 0.2) is 0 Å². The van der Waals surface area contributed by atoms with Gasteiger partial charge in [-0.2, -0.15) is 5.26 Å². The number of hydrogen-bond donors (Lipinski definition) is 0. The number of nitriles is 1. The summed E-state index contributed by atoms with van der Waals surface area (Å²) in [6.45, 7) is 7.87. The number of halogens is 1. The lowest BCUT2D eigenvalue weighted by Gasteiger charge is -2.36. The van der Waals surface area contributed by atoms with E-state index in [9.17, 15) is 9.18 Å². The van der Waals surface area contributed by atoms with E-state index in [1.54, 1.807) is 17.0 Å². The number of amides is 1. The van der Waals surface area contributed by atoms with Crippen LogP contribution < -0.4 is 9.80 Å². The van der Waals surface area contributed by atoms with Crippen molar-refractivity contribution in [1.29, 1.82) is 5.26 Å². The lowest BCUT2D eigenvalue weighted by molar-refractivity contribution is -0.119. The van der Waals surface area contributed by atoms with Crippen LogP contribution in [0.3, 0.4) is 0 Å². The van der Waals surface area contributed by atoms with Gasteiger partial charge in [0.1, 0.15) is 5.82 Å². The molecule has 29 heavy (non-hydrogen) atoms. The maximum Gasteiger partial charge on any atom is 0.241 e. The van der Waals surface area contributed by atoms with Gasteiger partial charge in [-0.3, -0.25) is 9.69 Å². The number of anilines is 2. The molecular weight excluding hydrogens is 367 g/mol. The first-order chi connectivity index (χ1) is 14.0. The van der Waals surface area contributed by atoms with Crippen molar-refractivity contribution in [3.05, 3.63) is 59.4 Å². The fraction of sp³-hybridized carbons (Fsp3) is 0.391. The SMILES string of the molecule is Cc1cc(C)cc(N(CCC#N)C(=O)CN2CCN(c3ccc(F)cc3)CC2)c1. The van der Waals surface area contributed by atoms with Crippen LogP contribution >= 0.6 is 0 Å². The Morgan fingerprint density at radius 3 is 2.28 bits per heavy atom. The molecule has 2 aromatic carbocycles. The minimum Gasteiger partial charge on any atom is -0.369 e. The van der Waals surface area contributed by atoms with Crippen molar-refractivity contribution in [3.8, 4) is 6.07 Å². The highest BCUT2D eigenvalue weighted by Gasteiger charge is 2.23. The van der Waals surface area contributed by atoms with E-state index in [0.29, 0.717) is 19.5 Å². The van der Waals surface area contributed by atoms with Crippen molar-refractivity contribution < 1.29 is 9.18 Å². The van der Waals surface area contributed by atoms with Crippen LogP contribution in [0.15, 0.2) is 42.5 Å². The molecule has 0 aromatic heterocycles. The number of hydrogen-bond acceptors (Lipinski definition) is 4. The summed E-state index contributed by atoms with van der Waals surface area (Å²) in [5.74, 6) is -0.220. The van der Waals surface area contributed by atoms with Gasteiger partial charge in [-0.15, -0.1) is 0 Å². The molecule has 1 amide bonds. The molecule has 5 nitrogen and oxygen atoms in total. The molecule has 6 heteroatoms. The molecule has 2 aromatic rings. The molecule has 0 radical (unpaired) electrons. The zero-order valence-electron chi connectivity index (χ0n) is 17.1. The molecule has 0 saturated carbocycles. The Hall–Kier alpha value is -2.91. The standard InChI is InChI=1S/C23H27FN4O/c1-18-14-19(2)16-22(15-18)28(9-3-8-25)23(29)17-26-10-12-27(13-11-26)21-6-4-20(24)5-7-21/h4-7,14-16H,3,9-13,17H2,1-2H3.